The zero-order valence-electron chi connectivity index (χ0n) is 16.7. The predicted octanol–water partition coefficient (Wildman–Crippen LogP) is 3.58. The number of ether oxygens (including phenoxy) is 1. The number of hydrogen-bond acceptors (Lipinski definition) is 7. The maximum absolute atomic E-state index is 13.7. The number of aliphatic hydroxyl groups excluding tert-OH is 3. The lowest BCUT2D eigenvalue weighted by Gasteiger charge is -2.41. The Labute approximate surface area is 203 Å². The second-order valence-corrected chi connectivity index (χ2v) is 9.34. The minimum absolute atomic E-state index is 0.0643. The van der Waals surface area contributed by atoms with Gasteiger partial charge in [-0.05, 0) is 24.3 Å². The standard InChI is InChI=1S/C20H15Cl2F4N3O4S/c21-9-3-8(4-10(22)15(9)25)34-20-19(32)17(18(31)14(6-30)33-20)29-5-13(27-28-29)7-1-11(23)16(26)12(24)2-7/h1-5,14,17-20,30-32H,6H2/t14?,17?,18-,19-,20+/m0/s1. The van der Waals surface area contributed by atoms with Crippen molar-refractivity contribution < 1.29 is 37.6 Å². The van der Waals surface area contributed by atoms with Crippen LogP contribution in [-0.2, 0) is 4.74 Å². The molecule has 7 nitrogen and oxygen atoms in total. The van der Waals surface area contributed by atoms with Crippen molar-refractivity contribution in [2.24, 2.45) is 0 Å². The smallest absolute Gasteiger partial charge is 0.194 e. The summed E-state index contributed by atoms with van der Waals surface area (Å²) in [6.07, 6.45) is -2.89. The molecule has 1 fully saturated rings. The van der Waals surface area contributed by atoms with E-state index >= 15 is 0 Å². The Morgan fingerprint density at radius 2 is 1.59 bits per heavy atom. The second kappa shape index (κ2) is 9.97. The highest BCUT2D eigenvalue weighted by Crippen LogP contribution is 2.40. The van der Waals surface area contributed by atoms with Crippen LogP contribution in [0.2, 0.25) is 10.0 Å². The van der Waals surface area contributed by atoms with Crippen molar-refractivity contribution in [3.8, 4) is 11.3 Å². The number of aliphatic hydroxyl groups is 3. The Bertz CT molecular complexity index is 1170. The lowest BCUT2D eigenvalue weighted by Crippen LogP contribution is -2.55. The van der Waals surface area contributed by atoms with Crippen LogP contribution in [0.3, 0.4) is 0 Å². The van der Waals surface area contributed by atoms with Gasteiger partial charge < -0.3 is 20.1 Å². The van der Waals surface area contributed by atoms with E-state index in [-0.39, 0.29) is 21.3 Å². The van der Waals surface area contributed by atoms with Crippen molar-refractivity contribution in [3.63, 3.8) is 0 Å². The monoisotopic (exact) mass is 539 g/mol. The van der Waals surface area contributed by atoms with E-state index in [0.29, 0.717) is 4.90 Å². The first-order valence-electron chi connectivity index (χ1n) is 9.61. The molecule has 0 amide bonds. The third-order valence-electron chi connectivity index (χ3n) is 5.15. The number of hydrogen-bond donors (Lipinski definition) is 3. The maximum Gasteiger partial charge on any atom is 0.194 e. The summed E-state index contributed by atoms with van der Waals surface area (Å²) < 4.78 is 60.9. The van der Waals surface area contributed by atoms with Gasteiger partial charge in [0.2, 0.25) is 0 Å². The van der Waals surface area contributed by atoms with Gasteiger partial charge in [0.05, 0.1) is 22.8 Å². The summed E-state index contributed by atoms with van der Waals surface area (Å²) in [5.74, 6) is -5.31. The molecule has 182 valence electrons. The van der Waals surface area contributed by atoms with E-state index < -0.39 is 59.7 Å². The summed E-state index contributed by atoms with van der Waals surface area (Å²) in [7, 11) is 0. The molecule has 2 heterocycles. The first-order valence-corrected chi connectivity index (χ1v) is 11.2. The first-order chi connectivity index (χ1) is 16.1. The zero-order chi connectivity index (χ0) is 24.7. The molecule has 5 atom stereocenters. The molecule has 2 aromatic carbocycles. The SMILES string of the molecule is OCC1O[C@H](Sc2cc(Cl)c(F)c(Cl)c2)[C@@H](O)C(n2cc(-c3cc(F)c(F)c(F)c3)nn2)[C@H]1O. The van der Waals surface area contributed by atoms with Crippen LogP contribution in [0.25, 0.3) is 11.3 Å². The number of rotatable bonds is 5. The molecule has 0 aliphatic carbocycles. The van der Waals surface area contributed by atoms with Crippen molar-refractivity contribution in [2.45, 2.75) is 34.7 Å². The third-order valence-corrected chi connectivity index (χ3v) is 6.83. The normalized spacial score (nSPS) is 25.0. The largest absolute Gasteiger partial charge is 0.394 e. The summed E-state index contributed by atoms with van der Waals surface area (Å²) >= 11 is 12.5. The van der Waals surface area contributed by atoms with Crippen LogP contribution in [0.15, 0.2) is 35.4 Å². The minimum Gasteiger partial charge on any atom is -0.394 e. The van der Waals surface area contributed by atoms with Crippen LogP contribution < -0.4 is 0 Å². The minimum atomic E-state index is -1.64. The summed E-state index contributed by atoms with van der Waals surface area (Å²) in [5, 5.41) is 38.4. The number of halogens is 6. The molecule has 3 N–H and O–H groups in total. The molecule has 34 heavy (non-hydrogen) atoms. The Balaban J connectivity index is 1.64. The average Bonchev–Trinajstić information content (AvgIpc) is 3.27. The molecule has 1 saturated heterocycles. The molecule has 2 unspecified atom stereocenters. The molecular weight excluding hydrogens is 525 g/mol. The van der Waals surface area contributed by atoms with Crippen LogP contribution >= 0.6 is 35.0 Å². The van der Waals surface area contributed by atoms with Crippen molar-refractivity contribution in [2.75, 3.05) is 6.61 Å². The average molecular weight is 540 g/mol. The van der Waals surface area contributed by atoms with Crippen molar-refractivity contribution in [3.05, 3.63) is 63.8 Å². The van der Waals surface area contributed by atoms with Gasteiger partial charge in [-0.3, -0.25) is 0 Å². The van der Waals surface area contributed by atoms with Crippen LogP contribution in [0, 0.1) is 23.3 Å². The van der Waals surface area contributed by atoms with E-state index in [1.807, 2.05) is 0 Å². The quantitative estimate of drug-likeness (QED) is 0.336. The lowest BCUT2D eigenvalue weighted by molar-refractivity contribution is -0.178. The van der Waals surface area contributed by atoms with Gasteiger partial charge in [-0.2, -0.15) is 0 Å². The fraction of sp³-hybridized carbons (Fsp3) is 0.300. The van der Waals surface area contributed by atoms with Crippen LogP contribution in [-0.4, -0.2) is 60.7 Å². The Hall–Kier alpha value is -1.93. The summed E-state index contributed by atoms with van der Waals surface area (Å²) in [6.45, 7) is -0.623. The van der Waals surface area contributed by atoms with Gasteiger partial charge in [0.15, 0.2) is 23.3 Å². The number of thioether (sulfide) groups is 1. The fourth-order valence-corrected chi connectivity index (χ4v) is 5.23. The number of nitrogens with zero attached hydrogens (tertiary/aromatic N) is 3. The van der Waals surface area contributed by atoms with Crippen molar-refractivity contribution >= 4 is 35.0 Å². The zero-order valence-corrected chi connectivity index (χ0v) is 19.1. The molecule has 1 aromatic heterocycles. The molecule has 1 aliphatic rings. The van der Waals surface area contributed by atoms with Gasteiger partial charge >= 0.3 is 0 Å². The Kier molecular flexibility index (Phi) is 7.38. The van der Waals surface area contributed by atoms with E-state index in [0.717, 1.165) is 28.6 Å². The maximum atomic E-state index is 13.7. The fourth-order valence-electron chi connectivity index (χ4n) is 3.47. The molecule has 14 heteroatoms. The van der Waals surface area contributed by atoms with Gasteiger partial charge in [-0.15, -0.1) is 5.10 Å². The molecule has 1 aliphatic heterocycles. The molecule has 4 rings (SSSR count). The Morgan fingerprint density at radius 1 is 0.971 bits per heavy atom. The van der Waals surface area contributed by atoms with E-state index in [1.165, 1.54) is 18.3 Å². The van der Waals surface area contributed by atoms with E-state index in [2.05, 4.69) is 10.3 Å². The number of benzene rings is 2. The molecule has 0 radical (unpaired) electrons. The van der Waals surface area contributed by atoms with Gasteiger partial charge in [0, 0.05) is 10.5 Å². The van der Waals surface area contributed by atoms with Crippen molar-refractivity contribution in [1.82, 2.24) is 15.0 Å². The van der Waals surface area contributed by atoms with Gasteiger partial charge in [-0.25, -0.2) is 22.2 Å². The summed E-state index contributed by atoms with van der Waals surface area (Å²) in [4.78, 5) is 0.337. The molecule has 0 bridgehead atoms. The topological polar surface area (TPSA) is 101 Å². The van der Waals surface area contributed by atoms with Gasteiger partial charge in [0.1, 0.15) is 35.5 Å². The van der Waals surface area contributed by atoms with Gasteiger partial charge in [-0.1, -0.05) is 40.2 Å². The molecule has 0 spiro atoms. The predicted molar refractivity (Wildman–Crippen MR) is 114 cm³/mol. The van der Waals surface area contributed by atoms with Crippen LogP contribution in [0.5, 0.6) is 0 Å². The third kappa shape index (κ3) is 4.76. The summed E-state index contributed by atoms with van der Waals surface area (Å²) in [6, 6.07) is 2.76. The highest BCUT2D eigenvalue weighted by molar-refractivity contribution is 7.99. The molecule has 3 aromatic rings. The highest BCUT2D eigenvalue weighted by Gasteiger charge is 2.46. The van der Waals surface area contributed by atoms with Crippen LogP contribution in [0.1, 0.15) is 6.04 Å². The van der Waals surface area contributed by atoms with Crippen molar-refractivity contribution in [1.29, 1.82) is 0 Å². The highest BCUT2D eigenvalue weighted by atomic mass is 35.5. The first kappa shape index (κ1) is 25.2. The van der Waals surface area contributed by atoms with Crippen LogP contribution in [0.4, 0.5) is 17.6 Å². The van der Waals surface area contributed by atoms with E-state index in [1.54, 1.807) is 0 Å². The lowest BCUT2D eigenvalue weighted by atomic mass is 9.97. The van der Waals surface area contributed by atoms with E-state index in [9.17, 15) is 32.9 Å². The second-order valence-electron chi connectivity index (χ2n) is 7.35. The Morgan fingerprint density at radius 3 is 2.18 bits per heavy atom. The number of aromatic nitrogens is 3. The van der Waals surface area contributed by atoms with Gasteiger partial charge in [0.25, 0.3) is 0 Å². The molecule has 0 saturated carbocycles. The molecular formula is C20H15Cl2F4N3O4S. The summed E-state index contributed by atoms with van der Waals surface area (Å²) in [5.41, 5.74) is -1.29. The van der Waals surface area contributed by atoms with E-state index in [4.69, 9.17) is 27.9 Å².